The number of carboxylic acids is 1. The highest BCUT2D eigenvalue weighted by atomic mass is 19.3. The molecule has 2 rings (SSSR count). The molecule has 0 aliphatic rings. The molecule has 0 aliphatic heterocycles. The summed E-state index contributed by atoms with van der Waals surface area (Å²) in [5.41, 5.74) is 0.641. The number of carbonyl (C=O) groups is 2. The number of likely N-dealkylation sites (N-methyl/N-ethyl adjacent to an activating group) is 1. The lowest BCUT2D eigenvalue weighted by molar-refractivity contribution is -0.142. The summed E-state index contributed by atoms with van der Waals surface area (Å²) in [6, 6.07) is 12.7. The van der Waals surface area contributed by atoms with Gasteiger partial charge in [-0.25, -0.2) is 9.59 Å². The van der Waals surface area contributed by atoms with Gasteiger partial charge in [0, 0.05) is 12.6 Å². The fourth-order valence-electron chi connectivity index (χ4n) is 2.34. The van der Waals surface area contributed by atoms with Gasteiger partial charge >= 0.3 is 18.7 Å². The van der Waals surface area contributed by atoms with Crippen molar-refractivity contribution in [1.82, 2.24) is 4.90 Å². The largest absolute Gasteiger partial charge is 0.479 e. The maximum atomic E-state index is 12.6. The number of nitrogens with zero attached hydrogens (tertiary/aromatic N) is 1. The third-order valence-corrected chi connectivity index (χ3v) is 3.54. The van der Waals surface area contributed by atoms with Gasteiger partial charge in [0.25, 0.3) is 0 Å². The summed E-state index contributed by atoms with van der Waals surface area (Å²) in [6.45, 7) is -3.17. The average Bonchev–Trinajstić information content (AvgIpc) is 2.61. The van der Waals surface area contributed by atoms with Crippen LogP contribution in [0.3, 0.4) is 0 Å². The Hall–Kier alpha value is -3.16. The van der Waals surface area contributed by atoms with Crippen LogP contribution in [0.4, 0.5) is 13.6 Å². The number of carboxylic acid groups (broad SMARTS) is 1. The van der Waals surface area contributed by atoms with E-state index < -0.39 is 24.7 Å². The van der Waals surface area contributed by atoms with Crippen molar-refractivity contribution in [3.63, 3.8) is 0 Å². The maximum Gasteiger partial charge on any atom is 0.410 e. The number of benzene rings is 2. The third kappa shape index (κ3) is 4.92. The molecule has 1 unspecified atom stereocenters. The van der Waals surface area contributed by atoms with E-state index in [1.54, 1.807) is 30.3 Å². The van der Waals surface area contributed by atoms with Crippen LogP contribution in [0.15, 0.2) is 54.6 Å². The summed E-state index contributed by atoms with van der Waals surface area (Å²) in [6.07, 6.45) is -0.909. The molecular formula is C18H17F2NO5. The molecule has 0 saturated carbocycles. The Labute approximate surface area is 148 Å². The van der Waals surface area contributed by atoms with E-state index in [0.29, 0.717) is 0 Å². The van der Waals surface area contributed by atoms with E-state index in [-0.39, 0.29) is 17.9 Å². The molecule has 1 atom stereocenters. The molecule has 0 saturated heterocycles. The molecule has 0 radical (unpaired) electrons. The van der Waals surface area contributed by atoms with Crippen LogP contribution >= 0.6 is 0 Å². The Kier molecular flexibility index (Phi) is 6.48. The molecule has 1 N–H and O–H groups in total. The standard InChI is InChI=1S/C18H17F2NO5/c1-21(18(24)25-11-12-7-3-2-4-8-12)15(16(22)23)13-9-5-6-10-14(13)26-17(19)20/h2-10,15,17H,11H2,1H3,(H,22,23). The minimum Gasteiger partial charge on any atom is -0.479 e. The smallest absolute Gasteiger partial charge is 0.410 e. The monoisotopic (exact) mass is 365 g/mol. The molecule has 0 spiro atoms. The van der Waals surface area contributed by atoms with Crippen LogP contribution in [-0.4, -0.2) is 35.7 Å². The summed E-state index contributed by atoms with van der Waals surface area (Å²) >= 11 is 0. The van der Waals surface area contributed by atoms with Crippen LogP contribution in [0, 0.1) is 0 Å². The number of alkyl halides is 2. The predicted molar refractivity (Wildman–Crippen MR) is 87.8 cm³/mol. The van der Waals surface area contributed by atoms with E-state index in [4.69, 9.17) is 4.74 Å². The molecule has 0 aliphatic carbocycles. The number of hydrogen-bond donors (Lipinski definition) is 1. The normalized spacial score (nSPS) is 11.7. The van der Waals surface area contributed by atoms with Gasteiger partial charge in [-0.1, -0.05) is 48.5 Å². The number of aliphatic carboxylic acids is 1. The van der Waals surface area contributed by atoms with Crippen LogP contribution in [0.5, 0.6) is 5.75 Å². The Morgan fingerprint density at radius 2 is 1.69 bits per heavy atom. The highest BCUT2D eigenvalue weighted by Crippen LogP contribution is 2.30. The minimum absolute atomic E-state index is 0.0501. The lowest BCUT2D eigenvalue weighted by Crippen LogP contribution is -2.36. The summed E-state index contributed by atoms with van der Waals surface area (Å²) in [5, 5.41) is 9.50. The quantitative estimate of drug-likeness (QED) is 0.810. The van der Waals surface area contributed by atoms with Gasteiger partial charge in [-0.3, -0.25) is 4.90 Å². The zero-order chi connectivity index (χ0) is 19.1. The van der Waals surface area contributed by atoms with E-state index in [1.165, 1.54) is 31.3 Å². The molecular weight excluding hydrogens is 348 g/mol. The summed E-state index contributed by atoms with van der Waals surface area (Å²) in [4.78, 5) is 24.7. The van der Waals surface area contributed by atoms with Crippen LogP contribution in [-0.2, 0) is 16.1 Å². The van der Waals surface area contributed by atoms with Crippen molar-refractivity contribution in [1.29, 1.82) is 0 Å². The second kappa shape index (κ2) is 8.80. The maximum absolute atomic E-state index is 12.6. The van der Waals surface area contributed by atoms with Gasteiger partial charge in [-0.15, -0.1) is 0 Å². The number of halogens is 2. The first kappa shape index (κ1) is 19.2. The van der Waals surface area contributed by atoms with Crippen molar-refractivity contribution in [3.8, 4) is 5.75 Å². The fourth-order valence-corrected chi connectivity index (χ4v) is 2.34. The first-order valence-electron chi connectivity index (χ1n) is 7.60. The van der Waals surface area contributed by atoms with Gasteiger partial charge < -0.3 is 14.6 Å². The van der Waals surface area contributed by atoms with Crippen molar-refractivity contribution in [3.05, 3.63) is 65.7 Å². The van der Waals surface area contributed by atoms with Gasteiger partial charge in [-0.05, 0) is 11.6 Å². The number of ether oxygens (including phenoxy) is 2. The molecule has 0 aromatic heterocycles. The van der Waals surface area contributed by atoms with Crippen LogP contribution in [0.25, 0.3) is 0 Å². The van der Waals surface area contributed by atoms with Crippen molar-refractivity contribution in [2.45, 2.75) is 19.3 Å². The lowest BCUT2D eigenvalue weighted by atomic mass is 10.0. The third-order valence-electron chi connectivity index (χ3n) is 3.54. The molecule has 2 aromatic carbocycles. The zero-order valence-electron chi connectivity index (χ0n) is 13.8. The van der Waals surface area contributed by atoms with Gasteiger partial charge in [0.2, 0.25) is 0 Å². The zero-order valence-corrected chi connectivity index (χ0v) is 13.8. The minimum atomic E-state index is -3.12. The second-order valence-corrected chi connectivity index (χ2v) is 5.31. The van der Waals surface area contributed by atoms with Crippen molar-refractivity contribution >= 4 is 12.1 Å². The molecule has 1 amide bonds. The summed E-state index contributed by atoms with van der Waals surface area (Å²) < 4.78 is 34.6. The Bertz CT molecular complexity index is 754. The molecule has 0 heterocycles. The fraction of sp³-hybridized carbons (Fsp3) is 0.222. The number of amides is 1. The number of hydrogen-bond acceptors (Lipinski definition) is 4. The van der Waals surface area contributed by atoms with E-state index in [2.05, 4.69) is 4.74 Å². The highest BCUT2D eigenvalue weighted by molar-refractivity contribution is 5.82. The van der Waals surface area contributed by atoms with Crippen molar-refractivity contribution in [2.24, 2.45) is 0 Å². The Balaban J connectivity index is 2.18. The Morgan fingerprint density at radius 1 is 1.08 bits per heavy atom. The van der Waals surface area contributed by atoms with Gasteiger partial charge in [0.05, 0.1) is 0 Å². The lowest BCUT2D eigenvalue weighted by Gasteiger charge is -2.26. The summed E-state index contributed by atoms with van der Waals surface area (Å²) in [7, 11) is 1.21. The molecule has 26 heavy (non-hydrogen) atoms. The van der Waals surface area contributed by atoms with Crippen LogP contribution in [0.2, 0.25) is 0 Å². The SMILES string of the molecule is CN(C(=O)OCc1ccccc1)C(C(=O)O)c1ccccc1OC(F)F. The molecule has 138 valence electrons. The molecule has 0 fully saturated rings. The van der Waals surface area contributed by atoms with E-state index in [1.807, 2.05) is 0 Å². The first-order chi connectivity index (χ1) is 12.4. The van der Waals surface area contributed by atoms with E-state index >= 15 is 0 Å². The summed E-state index contributed by atoms with van der Waals surface area (Å²) in [5.74, 6) is -1.73. The number of carbonyl (C=O) groups excluding carboxylic acids is 1. The van der Waals surface area contributed by atoms with Crippen molar-refractivity contribution in [2.75, 3.05) is 7.05 Å². The van der Waals surface area contributed by atoms with E-state index in [0.717, 1.165) is 10.5 Å². The van der Waals surface area contributed by atoms with Gasteiger partial charge in [0.15, 0.2) is 6.04 Å². The molecule has 2 aromatic rings. The van der Waals surface area contributed by atoms with E-state index in [9.17, 15) is 23.5 Å². The molecule has 6 nitrogen and oxygen atoms in total. The van der Waals surface area contributed by atoms with Gasteiger partial charge in [-0.2, -0.15) is 8.78 Å². The average molecular weight is 365 g/mol. The molecule has 0 bridgehead atoms. The van der Waals surface area contributed by atoms with Crippen LogP contribution in [0.1, 0.15) is 17.2 Å². The number of para-hydroxylation sites is 1. The number of rotatable bonds is 7. The van der Waals surface area contributed by atoms with Crippen molar-refractivity contribution < 1.29 is 33.0 Å². The molecule has 8 heteroatoms. The topological polar surface area (TPSA) is 76.1 Å². The van der Waals surface area contributed by atoms with Crippen LogP contribution < -0.4 is 4.74 Å². The first-order valence-corrected chi connectivity index (χ1v) is 7.60. The highest BCUT2D eigenvalue weighted by Gasteiger charge is 2.32. The Morgan fingerprint density at radius 3 is 2.31 bits per heavy atom. The van der Waals surface area contributed by atoms with Gasteiger partial charge in [0.1, 0.15) is 12.4 Å². The predicted octanol–water partition coefficient (Wildman–Crippen LogP) is 3.68. The second-order valence-electron chi connectivity index (χ2n) is 5.31.